The van der Waals surface area contributed by atoms with Crippen LogP contribution in [0.4, 0.5) is 11.4 Å². The first kappa shape index (κ1) is 16.1. The number of anilines is 2. The molecule has 0 atom stereocenters. The Balaban J connectivity index is 1.80. The second kappa shape index (κ2) is 7.20. The summed E-state index contributed by atoms with van der Waals surface area (Å²) in [6.45, 7) is 0. The van der Waals surface area contributed by atoms with Crippen LogP contribution in [0, 0.1) is 11.3 Å². The summed E-state index contributed by atoms with van der Waals surface area (Å²) in [5, 5.41) is 26.3. The van der Waals surface area contributed by atoms with Gasteiger partial charge in [0, 0.05) is 29.0 Å². The molecule has 0 saturated carbocycles. The fourth-order valence-corrected chi connectivity index (χ4v) is 2.43. The van der Waals surface area contributed by atoms with E-state index in [1.54, 1.807) is 12.1 Å². The number of amides is 1. The van der Waals surface area contributed by atoms with E-state index in [9.17, 15) is 15.2 Å². The van der Waals surface area contributed by atoms with E-state index in [1.165, 1.54) is 18.3 Å². The number of nitrogens with zero attached hydrogens (tertiary/aromatic N) is 1. The topological polar surface area (TPSA) is 85.2 Å². The van der Waals surface area contributed by atoms with Gasteiger partial charge in [-0.2, -0.15) is 5.26 Å². The van der Waals surface area contributed by atoms with Crippen molar-refractivity contribution in [2.75, 3.05) is 10.6 Å². The van der Waals surface area contributed by atoms with Gasteiger partial charge in [-0.25, -0.2) is 0 Å². The maximum absolute atomic E-state index is 12.2. The molecule has 122 valence electrons. The number of carbonyl (C=O) groups excluding carboxylic acids is 1. The molecule has 3 aromatic rings. The standard InChI is InChI=1S/C20H15N3O2/c21-12-15(20(25)23-16-7-4-8-17(24)11-16)13-22-19-10-3-6-14-5-1-2-9-18(14)19/h1-11,13,22,24H,(H,23,25)/b15-13-. The highest BCUT2D eigenvalue weighted by atomic mass is 16.3. The number of benzene rings is 3. The first-order valence-corrected chi connectivity index (χ1v) is 7.62. The molecule has 0 unspecified atom stereocenters. The van der Waals surface area contributed by atoms with E-state index in [1.807, 2.05) is 48.5 Å². The number of nitrogens with one attached hydrogen (secondary N) is 2. The highest BCUT2D eigenvalue weighted by molar-refractivity contribution is 6.07. The Kier molecular flexibility index (Phi) is 4.63. The van der Waals surface area contributed by atoms with Crippen molar-refractivity contribution in [2.24, 2.45) is 0 Å². The summed E-state index contributed by atoms with van der Waals surface area (Å²) in [5.41, 5.74) is 1.14. The Bertz CT molecular complexity index is 998. The summed E-state index contributed by atoms with van der Waals surface area (Å²) < 4.78 is 0. The average molecular weight is 329 g/mol. The quantitative estimate of drug-likeness (QED) is 0.499. The number of carbonyl (C=O) groups is 1. The van der Waals surface area contributed by atoms with Crippen LogP contribution in [-0.2, 0) is 4.79 Å². The third-order valence-corrected chi connectivity index (χ3v) is 3.63. The van der Waals surface area contributed by atoms with Crippen molar-refractivity contribution in [3.63, 3.8) is 0 Å². The predicted molar refractivity (Wildman–Crippen MR) is 98.0 cm³/mol. The van der Waals surface area contributed by atoms with Gasteiger partial charge >= 0.3 is 0 Å². The van der Waals surface area contributed by atoms with Crippen molar-refractivity contribution in [3.8, 4) is 11.8 Å². The van der Waals surface area contributed by atoms with Crippen molar-refractivity contribution >= 4 is 28.1 Å². The van der Waals surface area contributed by atoms with Gasteiger partial charge in [-0.15, -0.1) is 0 Å². The highest BCUT2D eigenvalue weighted by Gasteiger charge is 2.10. The normalized spacial score (nSPS) is 10.9. The predicted octanol–water partition coefficient (Wildman–Crippen LogP) is 4.00. The zero-order valence-electron chi connectivity index (χ0n) is 13.2. The molecule has 3 N–H and O–H groups in total. The number of phenols is 1. The average Bonchev–Trinajstić information content (AvgIpc) is 2.62. The molecule has 3 rings (SSSR count). The van der Waals surface area contributed by atoms with Crippen molar-refractivity contribution in [3.05, 3.63) is 78.5 Å². The summed E-state index contributed by atoms with van der Waals surface area (Å²) in [7, 11) is 0. The maximum atomic E-state index is 12.2. The van der Waals surface area contributed by atoms with Gasteiger partial charge in [0.15, 0.2) is 0 Å². The fraction of sp³-hybridized carbons (Fsp3) is 0. The largest absolute Gasteiger partial charge is 0.508 e. The highest BCUT2D eigenvalue weighted by Crippen LogP contribution is 2.23. The van der Waals surface area contributed by atoms with Gasteiger partial charge in [0.2, 0.25) is 0 Å². The lowest BCUT2D eigenvalue weighted by molar-refractivity contribution is -0.112. The van der Waals surface area contributed by atoms with E-state index >= 15 is 0 Å². The molecular formula is C20H15N3O2. The second-order valence-corrected chi connectivity index (χ2v) is 5.35. The van der Waals surface area contributed by atoms with Gasteiger partial charge in [0.1, 0.15) is 17.4 Å². The van der Waals surface area contributed by atoms with Gasteiger partial charge < -0.3 is 15.7 Å². The first-order chi connectivity index (χ1) is 12.2. The Labute approximate surface area is 144 Å². The summed E-state index contributed by atoms with van der Waals surface area (Å²) in [4.78, 5) is 12.2. The molecule has 25 heavy (non-hydrogen) atoms. The summed E-state index contributed by atoms with van der Waals surface area (Å²) >= 11 is 0. The molecule has 5 nitrogen and oxygen atoms in total. The first-order valence-electron chi connectivity index (χ1n) is 7.62. The van der Waals surface area contributed by atoms with E-state index in [-0.39, 0.29) is 11.3 Å². The Morgan fingerprint density at radius 2 is 1.80 bits per heavy atom. The number of hydrogen-bond acceptors (Lipinski definition) is 4. The van der Waals surface area contributed by atoms with E-state index < -0.39 is 5.91 Å². The van der Waals surface area contributed by atoms with Crippen LogP contribution in [0.3, 0.4) is 0 Å². The monoisotopic (exact) mass is 329 g/mol. The minimum absolute atomic E-state index is 0.0363. The molecule has 0 saturated heterocycles. The zero-order chi connectivity index (χ0) is 17.6. The van der Waals surface area contributed by atoms with Gasteiger partial charge in [-0.1, -0.05) is 42.5 Å². The SMILES string of the molecule is N#C/C(=C/Nc1cccc2ccccc12)C(=O)Nc1cccc(O)c1. The minimum atomic E-state index is -0.555. The lowest BCUT2D eigenvalue weighted by Crippen LogP contribution is -2.14. The van der Waals surface area contributed by atoms with Crippen LogP contribution < -0.4 is 10.6 Å². The summed E-state index contributed by atoms with van der Waals surface area (Å²) in [6.07, 6.45) is 1.37. The molecule has 0 aliphatic rings. The van der Waals surface area contributed by atoms with Crippen LogP contribution in [0.2, 0.25) is 0 Å². The fourth-order valence-electron chi connectivity index (χ4n) is 2.43. The van der Waals surface area contributed by atoms with Crippen LogP contribution in [0.1, 0.15) is 0 Å². The van der Waals surface area contributed by atoms with Crippen LogP contribution >= 0.6 is 0 Å². The molecule has 5 heteroatoms. The Morgan fingerprint density at radius 3 is 2.60 bits per heavy atom. The summed E-state index contributed by atoms with van der Waals surface area (Å²) in [5.74, 6) is -0.519. The molecule has 1 amide bonds. The number of phenolic OH excluding ortho intramolecular Hbond substituents is 1. The van der Waals surface area contributed by atoms with Crippen molar-refractivity contribution < 1.29 is 9.90 Å². The van der Waals surface area contributed by atoms with Gasteiger partial charge in [-0.3, -0.25) is 4.79 Å². The Morgan fingerprint density at radius 1 is 1.04 bits per heavy atom. The number of hydrogen-bond donors (Lipinski definition) is 3. The number of fused-ring (bicyclic) bond motifs is 1. The van der Waals surface area contributed by atoms with Crippen LogP contribution in [0.5, 0.6) is 5.75 Å². The smallest absolute Gasteiger partial charge is 0.267 e. The molecule has 0 bridgehead atoms. The van der Waals surface area contributed by atoms with Crippen molar-refractivity contribution in [1.82, 2.24) is 0 Å². The van der Waals surface area contributed by atoms with Crippen LogP contribution in [0.25, 0.3) is 10.8 Å². The van der Waals surface area contributed by atoms with Gasteiger partial charge in [0.25, 0.3) is 5.91 Å². The zero-order valence-corrected chi connectivity index (χ0v) is 13.2. The second-order valence-electron chi connectivity index (χ2n) is 5.35. The van der Waals surface area contributed by atoms with Crippen molar-refractivity contribution in [2.45, 2.75) is 0 Å². The molecule has 0 spiro atoms. The number of nitriles is 1. The molecule has 0 aromatic heterocycles. The third-order valence-electron chi connectivity index (χ3n) is 3.63. The number of aromatic hydroxyl groups is 1. The van der Waals surface area contributed by atoms with E-state index in [0.717, 1.165) is 16.5 Å². The van der Waals surface area contributed by atoms with Gasteiger partial charge in [0.05, 0.1) is 0 Å². The molecule has 0 aliphatic carbocycles. The van der Waals surface area contributed by atoms with E-state index in [0.29, 0.717) is 5.69 Å². The van der Waals surface area contributed by atoms with Crippen LogP contribution in [-0.4, -0.2) is 11.0 Å². The molecular weight excluding hydrogens is 314 g/mol. The molecule has 0 aliphatic heterocycles. The minimum Gasteiger partial charge on any atom is -0.508 e. The third kappa shape index (κ3) is 3.77. The number of rotatable bonds is 4. The lowest BCUT2D eigenvalue weighted by Gasteiger charge is -2.08. The van der Waals surface area contributed by atoms with E-state index in [4.69, 9.17) is 0 Å². The molecule has 0 heterocycles. The van der Waals surface area contributed by atoms with Gasteiger partial charge in [-0.05, 0) is 23.6 Å². The van der Waals surface area contributed by atoms with Crippen molar-refractivity contribution in [1.29, 1.82) is 5.26 Å². The summed E-state index contributed by atoms with van der Waals surface area (Å²) in [6, 6.07) is 21.6. The molecule has 0 radical (unpaired) electrons. The maximum Gasteiger partial charge on any atom is 0.267 e. The lowest BCUT2D eigenvalue weighted by atomic mass is 10.1. The Hall–Kier alpha value is -3.78. The van der Waals surface area contributed by atoms with Crippen LogP contribution in [0.15, 0.2) is 78.5 Å². The molecule has 0 fully saturated rings. The molecule has 3 aromatic carbocycles. The van der Waals surface area contributed by atoms with E-state index in [2.05, 4.69) is 10.6 Å².